The van der Waals surface area contributed by atoms with Crippen LogP contribution in [0.25, 0.3) is 0 Å². The molecule has 16 heavy (non-hydrogen) atoms. The van der Waals surface area contributed by atoms with E-state index in [1.807, 2.05) is 6.20 Å². The molecular weight excluding hydrogens is 218 g/mol. The summed E-state index contributed by atoms with van der Waals surface area (Å²) < 4.78 is 0. The highest BCUT2D eigenvalue weighted by Gasteiger charge is 2.20. The molecule has 2 rings (SSSR count). The van der Waals surface area contributed by atoms with Crippen molar-refractivity contribution in [3.05, 3.63) is 29.6 Å². The zero-order valence-electron chi connectivity index (χ0n) is 9.95. The minimum absolute atomic E-state index is 0.397. The van der Waals surface area contributed by atoms with E-state index in [9.17, 15) is 0 Å². The van der Waals surface area contributed by atoms with Crippen molar-refractivity contribution >= 4 is 11.6 Å². The summed E-state index contributed by atoms with van der Waals surface area (Å²) in [5.74, 6) is 0.747. The minimum atomic E-state index is 0.397. The van der Waals surface area contributed by atoms with Crippen LogP contribution < -0.4 is 0 Å². The molecule has 1 fully saturated rings. The summed E-state index contributed by atoms with van der Waals surface area (Å²) in [6.07, 6.45) is 9.15. The minimum Gasteiger partial charge on any atom is -0.261 e. The average molecular weight is 238 g/mol. The first kappa shape index (κ1) is 11.9. The molecule has 1 nitrogen and oxygen atoms in total. The summed E-state index contributed by atoms with van der Waals surface area (Å²) >= 11 is 6.20. The number of aromatic nitrogens is 1. The molecule has 2 unspecified atom stereocenters. The van der Waals surface area contributed by atoms with E-state index >= 15 is 0 Å². The van der Waals surface area contributed by atoms with Gasteiger partial charge in [0.05, 0.1) is 0 Å². The Balaban J connectivity index is 1.92. The molecule has 0 amide bonds. The van der Waals surface area contributed by atoms with Crippen LogP contribution in [0.1, 0.15) is 43.9 Å². The van der Waals surface area contributed by atoms with E-state index in [0.29, 0.717) is 5.38 Å². The third-order valence-electron chi connectivity index (χ3n) is 3.51. The number of pyridine rings is 1. The fourth-order valence-electron chi connectivity index (χ4n) is 2.49. The average Bonchev–Trinajstić information content (AvgIpc) is 2.30. The van der Waals surface area contributed by atoms with Crippen molar-refractivity contribution in [2.24, 2.45) is 5.92 Å². The van der Waals surface area contributed by atoms with Crippen molar-refractivity contribution in [2.45, 2.75) is 50.8 Å². The number of alkyl halides is 1. The lowest BCUT2D eigenvalue weighted by Crippen LogP contribution is -2.17. The van der Waals surface area contributed by atoms with E-state index in [4.69, 9.17) is 11.6 Å². The van der Waals surface area contributed by atoms with Crippen LogP contribution in [-0.4, -0.2) is 10.4 Å². The summed E-state index contributed by atoms with van der Waals surface area (Å²) in [6, 6.07) is 4.38. The number of rotatable bonds is 3. The molecule has 1 saturated carbocycles. The van der Waals surface area contributed by atoms with Crippen LogP contribution >= 0.6 is 11.6 Å². The Morgan fingerprint density at radius 3 is 2.88 bits per heavy atom. The molecule has 0 aromatic carbocycles. The Hall–Kier alpha value is -0.560. The predicted molar refractivity (Wildman–Crippen MR) is 68.9 cm³/mol. The fraction of sp³-hybridized carbons (Fsp3) is 0.643. The Morgan fingerprint density at radius 1 is 1.38 bits per heavy atom. The normalized spacial score (nSPS) is 25.6. The lowest BCUT2D eigenvalue weighted by molar-refractivity contribution is 0.359. The van der Waals surface area contributed by atoms with Crippen molar-refractivity contribution in [2.75, 3.05) is 0 Å². The van der Waals surface area contributed by atoms with Crippen molar-refractivity contribution in [3.8, 4) is 0 Å². The monoisotopic (exact) mass is 237 g/mol. The fourth-order valence-corrected chi connectivity index (χ4v) is 2.90. The van der Waals surface area contributed by atoms with Crippen LogP contribution in [0.5, 0.6) is 0 Å². The maximum Gasteiger partial charge on any atom is 0.0406 e. The third-order valence-corrected chi connectivity index (χ3v) is 3.91. The van der Waals surface area contributed by atoms with Crippen molar-refractivity contribution in [1.29, 1.82) is 0 Å². The van der Waals surface area contributed by atoms with Gasteiger partial charge >= 0.3 is 0 Å². The van der Waals surface area contributed by atoms with Gasteiger partial charge < -0.3 is 0 Å². The molecule has 1 aromatic rings. The largest absolute Gasteiger partial charge is 0.261 e. The van der Waals surface area contributed by atoms with Crippen LogP contribution in [0, 0.1) is 5.92 Å². The van der Waals surface area contributed by atoms with Crippen molar-refractivity contribution in [3.63, 3.8) is 0 Å². The molecule has 0 bridgehead atoms. The highest BCUT2D eigenvalue weighted by molar-refractivity contribution is 6.20. The van der Waals surface area contributed by atoms with E-state index in [2.05, 4.69) is 24.0 Å². The van der Waals surface area contributed by atoms with Gasteiger partial charge in [-0.25, -0.2) is 0 Å². The van der Waals surface area contributed by atoms with Gasteiger partial charge in [0.15, 0.2) is 0 Å². The van der Waals surface area contributed by atoms with Gasteiger partial charge in [-0.2, -0.15) is 0 Å². The van der Waals surface area contributed by atoms with Gasteiger partial charge in [0, 0.05) is 17.3 Å². The van der Waals surface area contributed by atoms with E-state index in [1.54, 1.807) is 0 Å². The molecule has 0 saturated heterocycles. The number of nitrogens with zero attached hydrogens (tertiary/aromatic N) is 1. The molecule has 2 heteroatoms. The standard InChI is InChI=1S/C14H20ClN/c1-2-11-6-7-14(16-10-11)9-12-4-3-5-13(15)8-12/h6-7,10,12-13H,2-5,8-9H2,1H3. The number of aryl methyl sites for hydroxylation is 1. The van der Waals surface area contributed by atoms with Gasteiger partial charge in [-0.05, 0) is 49.7 Å². The quantitative estimate of drug-likeness (QED) is 0.725. The van der Waals surface area contributed by atoms with E-state index in [1.165, 1.54) is 36.9 Å². The first-order valence-electron chi connectivity index (χ1n) is 6.35. The summed E-state index contributed by atoms with van der Waals surface area (Å²) in [5.41, 5.74) is 2.55. The number of hydrogen-bond acceptors (Lipinski definition) is 1. The van der Waals surface area contributed by atoms with Gasteiger partial charge in [-0.15, -0.1) is 11.6 Å². The van der Waals surface area contributed by atoms with E-state index < -0.39 is 0 Å². The summed E-state index contributed by atoms with van der Waals surface area (Å²) in [4.78, 5) is 4.53. The maximum atomic E-state index is 6.20. The summed E-state index contributed by atoms with van der Waals surface area (Å²) in [7, 11) is 0. The van der Waals surface area contributed by atoms with Crippen molar-refractivity contribution < 1.29 is 0 Å². The summed E-state index contributed by atoms with van der Waals surface area (Å²) in [5, 5.41) is 0.397. The van der Waals surface area contributed by atoms with Crippen LogP contribution in [-0.2, 0) is 12.8 Å². The van der Waals surface area contributed by atoms with Gasteiger partial charge in [0.2, 0.25) is 0 Å². The second-order valence-corrected chi connectivity index (χ2v) is 5.46. The van der Waals surface area contributed by atoms with Crippen LogP contribution in [0.3, 0.4) is 0 Å². The molecule has 1 heterocycles. The lowest BCUT2D eigenvalue weighted by Gasteiger charge is -2.25. The molecule has 1 aliphatic carbocycles. The highest BCUT2D eigenvalue weighted by atomic mass is 35.5. The molecule has 2 atom stereocenters. The molecular formula is C14H20ClN. The molecule has 0 spiro atoms. The zero-order valence-corrected chi connectivity index (χ0v) is 10.7. The topological polar surface area (TPSA) is 12.9 Å². The second-order valence-electron chi connectivity index (χ2n) is 4.85. The number of hydrogen-bond donors (Lipinski definition) is 0. The molecule has 1 aromatic heterocycles. The predicted octanol–water partition coefficient (Wildman–Crippen LogP) is 3.98. The Kier molecular flexibility index (Phi) is 4.22. The lowest BCUT2D eigenvalue weighted by atomic mass is 9.85. The molecule has 0 aliphatic heterocycles. The molecule has 0 N–H and O–H groups in total. The molecule has 88 valence electrons. The maximum absolute atomic E-state index is 6.20. The second kappa shape index (κ2) is 5.67. The zero-order chi connectivity index (χ0) is 11.4. The van der Waals surface area contributed by atoms with Gasteiger partial charge in [-0.3, -0.25) is 4.98 Å². The van der Waals surface area contributed by atoms with Gasteiger partial charge in [-0.1, -0.05) is 19.4 Å². The van der Waals surface area contributed by atoms with Gasteiger partial charge in [0.25, 0.3) is 0 Å². The van der Waals surface area contributed by atoms with E-state index in [-0.39, 0.29) is 0 Å². The molecule has 0 radical (unpaired) electrons. The van der Waals surface area contributed by atoms with Crippen LogP contribution in [0.15, 0.2) is 18.3 Å². The van der Waals surface area contributed by atoms with E-state index in [0.717, 1.165) is 18.8 Å². The van der Waals surface area contributed by atoms with Crippen LogP contribution in [0.4, 0.5) is 0 Å². The Bertz CT molecular complexity index is 320. The van der Waals surface area contributed by atoms with Crippen molar-refractivity contribution in [1.82, 2.24) is 4.98 Å². The van der Waals surface area contributed by atoms with Gasteiger partial charge in [0.1, 0.15) is 0 Å². The Labute approximate surface area is 103 Å². The highest BCUT2D eigenvalue weighted by Crippen LogP contribution is 2.29. The SMILES string of the molecule is CCc1ccc(CC2CCCC(Cl)C2)nc1. The first-order valence-corrected chi connectivity index (χ1v) is 6.79. The summed E-state index contributed by atoms with van der Waals surface area (Å²) in [6.45, 7) is 2.16. The third kappa shape index (κ3) is 3.21. The number of halogens is 1. The van der Waals surface area contributed by atoms with Crippen LogP contribution in [0.2, 0.25) is 0 Å². The smallest absolute Gasteiger partial charge is 0.0406 e. The first-order chi connectivity index (χ1) is 7.78. The Morgan fingerprint density at radius 2 is 2.25 bits per heavy atom. The molecule has 1 aliphatic rings.